The van der Waals surface area contributed by atoms with Crippen LogP contribution >= 0.6 is 15.9 Å². The molecular formula is C12H17BrFNO. The van der Waals surface area contributed by atoms with Gasteiger partial charge in [-0.15, -0.1) is 0 Å². The Kier molecular flexibility index (Phi) is 5.77. The third-order valence-corrected chi connectivity index (χ3v) is 3.10. The van der Waals surface area contributed by atoms with E-state index in [0.717, 1.165) is 19.6 Å². The lowest BCUT2D eigenvalue weighted by atomic mass is 10.3. The predicted octanol–water partition coefficient (Wildman–Crippen LogP) is 3.31. The van der Waals surface area contributed by atoms with Gasteiger partial charge >= 0.3 is 0 Å². The molecule has 0 unspecified atom stereocenters. The first-order chi connectivity index (χ1) is 7.67. The number of rotatable bonds is 6. The number of hydrogen-bond donors (Lipinski definition) is 0. The van der Waals surface area contributed by atoms with E-state index in [9.17, 15) is 4.39 Å². The van der Waals surface area contributed by atoms with Crippen LogP contribution in [0, 0.1) is 5.82 Å². The van der Waals surface area contributed by atoms with Gasteiger partial charge in [0.15, 0.2) is 0 Å². The first-order valence-electron chi connectivity index (χ1n) is 5.47. The highest BCUT2D eigenvalue weighted by Crippen LogP contribution is 2.20. The molecule has 2 nitrogen and oxygen atoms in total. The maximum atomic E-state index is 13.2. The fourth-order valence-electron chi connectivity index (χ4n) is 1.40. The summed E-state index contributed by atoms with van der Waals surface area (Å²) in [7, 11) is 0. The Morgan fingerprint density at radius 2 is 2.00 bits per heavy atom. The lowest BCUT2D eigenvalue weighted by Gasteiger charge is -2.18. The fourth-order valence-corrected chi connectivity index (χ4v) is 1.65. The van der Waals surface area contributed by atoms with E-state index < -0.39 is 0 Å². The van der Waals surface area contributed by atoms with Crippen LogP contribution in [0.5, 0.6) is 5.75 Å². The Morgan fingerprint density at radius 3 is 2.56 bits per heavy atom. The Bertz CT molecular complexity index is 329. The minimum atomic E-state index is -0.291. The molecule has 0 aliphatic rings. The Labute approximate surface area is 105 Å². The van der Waals surface area contributed by atoms with E-state index in [0.29, 0.717) is 16.8 Å². The van der Waals surface area contributed by atoms with Crippen molar-refractivity contribution in [2.75, 3.05) is 26.2 Å². The zero-order valence-corrected chi connectivity index (χ0v) is 11.3. The smallest absolute Gasteiger partial charge is 0.141 e. The van der Waals surface area contributed by atoms with Gasteiger partial charge in [0.05, 0.1) is 4.47 Å². The molecule has 0 fully saturated rings. The van der Waals surface area contributed by atoms with Gasteiger partial charge in [-0.3, -0.25) is 0 Å². The molecule has 4 heteroatoms. The molecule has 0 radical (unpaired) electrons. The van der Waals surface area contributed by atoms with Crippen molar-refractivity contribution in [1.29, 1.82) is 0 Å². The topological polar surface area (TPSA) is 12.5 Å². The highest BCUT2D eigenvalue weighted by atomic mass is 79.9. The van der Waals surface area contributed by atoms with E-state index in [2.05, 4.69) is 34.7 Å². The average molecular weight is 290 g/mol. The number of nitrogens with zero attached hydrogens (tertiary/aromatic N) is 1. The van der Waals surface area contributed by atoms with E-state index in [1.807, 2.05) is 0 Å². The van der Waals surface area contributed by atoms with Gasteiger partial charge in [0.2, 0.25) is 0 Å². The summed E-state index contributed by atoms with van der Waals surface area (Å²) in [4.78, 5) is 2.26. The molecular weight excluding hydrogens is 273 g/mol. The highest BCUT2D eigenvalue weighted by molar-refractivity contribution is 9.10. The lowest BCUT2D eigenvalue weighted by Crippen LogP contribution is -2.27. The van der Waals surface area contributed by atoms with Crippen LogP contribution in [-0.4, -0.2) is 31.1 Å². The summed E-state index contributed by atoms with van der Waals surface area (Å²) in [6.07, 6.45) is 0. The standard InChI is InChI=1S/C12H17BrFNO/c1-3-15(4-2)7-8-16-10-5-6-11(13)12(14)9-10/h5-6,9H,3-4,7-8H2,1-2H3. The molecule has 1 aromatic carbocycles. The van der Waals surface area contributed by atoms with Crippen LogP contribution in [0.1, 0.15) is 13.8 Å². The second kappa shape index (κ2) is 6.86. The lowest BCUT2D eigenvalue weighted by molar-refractivity contribution is 0.222. The van der Waals surface area contributed by atoms with Gasteiger partial charge in [-0.2, -0.15) is 0 Å². The summed E-state index contributed by atoms with van der Waals surface area (Å²) >= 11 is 3.10. The van der Waals surface area contributed by atoms with Gasteiger partial charge in [-0.05, 0) is 41.2 Å². The molecule has 16 heavy (non-hydrogen) atoms. The Hall–Kier alpha value is -0.610. The third kappa shape index (κ3) is 4.10. The summed E-state index contributed by atoms with van der Waals surface area (Å²) in [6.45, 7) is 7.70. The van der Waals surface area contributed by atoms with Gasteiger partial charge in [0, 0.05) is 12.6 Å². The third-order valence-electron chi connectivity index (χ3n) is 2.46. The van der Waals surface area contributed by atoms with Crippen LogP contribution in [0.3, 0.4) is 0 Å². The van der Waals surface area contributed by atoms with Crippen LogP contribution in [0.15, 0.2) is 22.7 Å². The number of hydrogen-bond acceptors (Lipinski definition) is 2. The van der Waals surface area contributed by atoms with Gasteiger partial charge in [-0.1, -0.05) is 13.8 Å². The molecule has 1 rings (SSSR count). The predicted molar refractivity (Wildman–Crippen MR) is 67.4 cm³/mol. The highest BCUT2D eigenvalue weighted by Gasteiger charge is 2.02. The van der Waals surface area contributed by atoms with Gasteiger partial charge in [0.1, 0.15) is 18.2 Å². The molecule has 1 aromatic rings. The molecule has 0 saturated heterocycles. The summed E-state index contributed by atoms with van der Waals surface area (Å²) in [5, 5.41) is 0. The largest absolute Gasteiger partial charge is 0.492 e. The van der Waals surface area contributed by atoms with E-state index in [-0.39, 0.29) is 5.82 Å². The van der Waals surface area contributed by atoms with Crippen molar-refractivity contribution in [2.24, 2.45) is 0 Å². The number of benzene rings is 1. The summed E-state index contributed by atoms with van der Waals surface area (Å²) < 4.78 is 19.1. The number of ether oxygens (including phenoxy) is 1. The van der Waals surface area contributed by atoms with Crippen molar-refractivity contribution >= 4 is 15.9 Å². The van der Waals surface area contributed by atoms with Crippen molar-refractivity contribution in [3.63, 3.8) is 0 Å². The van der Waals surface area contributed by atoms with E-state index >= 15 is 0 Å². The number of likely N-dealkylation sites (N-methyl/N-ethyl adjacent to an activating group) is 1. The normalized spacial score (nSPS) is 10.8. The summed E-state index contributed by atoms with van der Waals surface area (Å²) in [5.41, 5.74) is 0. The van der Waals surface area contributed by atoms with E-state index in [1.165, 1.54) is 6.07 Å². The van der Waals surface area contributed by atoms with Gasteiger partial charge in [0.25, 0.3) is 0 Å². The molecule has 0 amide bonds. The monoisotopic (exact) mass is 289 g/mol. The summed E-state index contributed by atoms with van der Waals surface area (Å²) in [6, 6.07) is 4.81. The first-order valence-corrected chi connectivity index (χ1v) is 6.26. The van der Waals surface area contributed by atoms with Crippen LogP contribution in [0.4, 0.5) is 4.39 Å². The molecule has 0 aromatic heterocycles. The van der Waals surface area contributed by atoms with Crippen molar-refractivity contribution in [3.05, 3.63) is 28.5 Å². The van der Waals surface area contributed by atoms with Crippen molar-refractivity contribution in [1.82, 2.24) is 4.90 Å². The van der Waals surface area contributed by atoms with Crippen LogP contribution in [-0.2, 0) is 0 Å². The SMILES string of the molecule is CCN(CC)CCOc1ccc(Br)c(F)c1. The Morgan fingerprint density at radius 1 is 1.31 bits per heavy atom. The van der Waals surface area contributed by atoms with E-state index in [1.54, 1.807) is 12.1 Å². The molecule has 0 heterocycles. The fraction of sp³-hybridized carbons (Fsp3) is 0.500. The van der Waals surface area contributed by atoms with Gasteiger partial charge < -0.3 is 9.64 Å². The molecule has 0 spiro atoms. The Balaban J connectivity index is 2.40. The minimum absolute atomic E-state index is 0.291. The first kappa shape index (κ1) is 13.5. The zero-order chi connectivity index (χ0) is 12.0. The second-order valence-corrected chi connectivity index (χ2v) is 4.31. The second-order valence-electron chi connectivity index (χ2n) is 3.45. The maximum Gasteiger partial charge on any atom is 0.141 e. The van der Waals surface area contributed by atoms with Gasteiger partial charge in [-0.25, -0.2) is 4.39 Å². The molecule has 0 aliphatic heterocycles. The van der Waals surface area contributed by atoms with E-state index in [4.69, 9.17) is 4.74 Å². The van der Waals surface area contributed by atoms with Crippen molar-refractivity contribution < 1.29 is 9.13 Å². The molecule has 0 saturated carbocycles. The maximum absolute atomic E-state index is 13.2. The summed E-state index contributed by atoms with van der Waals surface area (Å²) in [5.74, 6) is 0.285. The van der Waals surface area contributed by atoms with Crippen molar-refractivity contribution in [3.8, 4) is 5.75 Å². The quantitative estimate of drug-likeness (QED) is 0.797. The van der Waals surface area contributed by atoms with Crippen molar-refractivity contribution in [2.45, 2.75) is 13.8 Å². The minimum Gasteiger partial charge on any atom is -0.492 e. The van der Waals surface area contributed by atoms with Crippen LogP contribution in [0.2, 0.25) is 0 Å². The average Bonchev–Trinajstić information content (AvgIpc) is 2.29. The molecule has 0 atom stereocenters. The molecule has 90 valence electrons. The number of halogens is 2. The molecule has 0 N–H and O–H groups in total. The van der Waals surface area contributed by atoms with Crippen LogP contribution in [0.25, 0.3) is 0 Å². The molecule has 0 aliphatic carbocycles. The van der Waals surface area contributed by atoms with Crippen LogP contribution < -0.4 is 4.74 Å². The zero-order valence-electron chi connectivity index (χ0n) is 9.67. The molecule has 0 bridgehead atoms.